The molecule has 3 aliphatic rings. The third-order valence-corrected chi connectivity index (χ3v) is 6.49. The van der Waals surface area contributed by atoms with Gasteiger partial charge in [0.2, 0.25) is 0 Å². The van der Waals surface area contributed by atoms with Crippen molar-refractivity contribution in [1.82, 2.24) is 0 Å². The lowest BCUT2D eigenvalue weighted by Crippen LogP contribution is -2.77. The first-order valence-electron chi connectivity index (χ1n) is 7.84. The highest BCUT2D eigenvalue weighted by Gasteiger charge is 2.77. The van der Waals surface area contributed by atoms with E-state index in [0.717, 1.165) is 19.3 Å². The zero-order chi connectivity index (χ0) is 15.5. The van der Waals surface area contributed by atoms with Gasteiger partial charge in [-0.15, -0.1) is 0 Å². The van der Waals surface area contributed by atoms with Crippen LogP contribution < -0.4 is 0 Å². The molecular formula is C16H26O5. The molecule has 0 radical (unpaired) electrons. The van der Waals surface area contributed by atoms with Crippen LogP contribution in [0, 0.1) is 17.3 Å². The number of carbonyl (C=O) groups is 1. The number of methoxy groups -OCH3 is 1. The van der Waals surface area contributed by atoms with E-state index in [9.17, 15) is 9.90 Å². The zero-order valence-corrected chi connectivity index (χ0v) is 13.3. The minimum absolute atomic E-state index is 0.0223. The van der Waals surface area contributed by atoms with Gasteiger partial charge in [-0.05, 0) is 32.1 Å². The van der Waals surface area contributed by atoms with E-state index in [1.165, 1.54) is 7.11 Å². The average Bonchev–Trinajstić information content (AvgIpc) is 2.65. The molecule has 1 aliphatic carbocycles. The third kappa shape index (κ3) is 1.71. The van der Waals surface area contributed by atoms with E-state index in [0.29, 0.717) is 6.61 Å². The Morgan fingerprint density at radius 3 is 2.81 bits per heavy atom. The predicted molar refractivity (Wildman–Crippen MR) is 75.7 cm³/mol. The van der Waals surface area contributed by atoms with Crippen LogP contribution in [0.3, 0.4) is 0 Å². The first-order valence-corrected chi connectivity index (χ1v) is 7.84. The van der Waals surface area contributed by atoms with Crippen LogP contribution in [0.2, 0.25) is 0 Å². The second-order valence-corrected chi connectivity index (χ2v) is 7.39. The van der Waals surface area contributed by atoms with Crippen molar-refractivity contribution in [3.63, 3.8) is 0 Å². The maximum absolute atomic E-state index is 11.9. The highest BCUT2D eigenvalue weighted by Crippen LogP contribution is 2.67. The Bertz CT molecular complexity index is 452. The molecule has 21 heavy (non-hydrogen) atoms. The predicted octanol–water partition coefficient (Wildman–Crippen LogP) is 1.52. The van der Waals surface area contributed by atoms with E-state index in [1.807, 2.05) is 13.8 Å². The monoisotopic (exact) mass is 298 g/mol. The van der Waals surface area contributed by atoms with Crippen LogP contribution >= 0.6 is 0 Å². The molecule has 0 bridgehead atoms. The molecule has 1 spiro atoms. The van der Waals surface area contributed by atoms with E-state index in [4.69, 9.17) is 14.2 Å². The molecule has 3 rings (SSSR count). The zero-order valence-electron chi connectivity index (χ0n) is 13.3. The number of carbonyl (C=O) groups excluding carboxylic acids is 1. The maximum Gasteiger partial charge on any atom is 0.308 e. The summed E-state index contributed by atoms with van der Waals surface area (Å²) < 4.78 is 17.2. The van der Waals surface area contributed by atoms with E-state index >= 15 is 0 Å². The summed E-state index contributed by atoms with van der Waals surface area (Å²) in [6, 6.07) is 0. The molecule has 6 atom stereocenters. The number of hydrogen-bond donors (Lipinski definition) is 1. The number of esters is 1. The molecule has 0 aromatic heterocycles. The summed E-state index contributed by atoms with van der Waals surface area (Å²) in [4.78, 5) is 11.9. The number of hydrogen-bond acceptors (Lipinski definition) is 5. The number of aliphatic hydroxyl groups is 1. The Labute approximate surface area is 125 Å². The van der Waals surface area contributed by atoms with Crippen LogP contribution in [0.4, 0.5) is 0 Å². The fourth-order valence-corrected chi connectivity index (χ4v) is 4.81. The maximum atomic E-state index is 11.9. The van der Waals surface area contributed by atoms with E-state index in [-0.39, 0.29) is 41.5 Å². The Morgan fingerprint density at radius 1 is 1.48 bits per heavy atom. The minimum Gasteiger partial charge on any atom is -0.469 e. The number of aliphatic hydroxyl groups excluding tert-OH is 1. The Balaban J connectivity index is 1.86. The standard InChI is InChI=1S/C16H26O5/c1-10(13(18)19-4)11-5-6-14(2)9-20-15(3)12(8-17)21-16(14,15)7-11/h10-12,17H,5-9H2,1-4H3/t10-,11+,12-,14-,15-,16-/m0/s1. The second-order valence-electron chi connectivity index (χ2n) is 7.39. The Hall–Kier alpha value is -0.650. The van der Waals surface area contributed by atoms with Crippen LogP contribution in [0.15, 0.2) is 0 Å². The van der Waals surface area contributed by atoms with Crippen molar-refractivity contribution < 1.29 is 24.1 Å². The third-order valence-electron chi connectivity index (χ3n) is 6.49. The van der Waals surface area contributed by atoms with E-state index in [2.05, 4.69) is 6.92 Å². The molecule has 120 valence electrons. The van der Waals surface area contributed by atoms with Crippen molar-refractivity contribution in [1.29, 1.82) is 0 Å². The Kier molecular flexibility index (Phi) is 3.39. The minimum atomic E-state index is -0.439. The highest BCUT2D eigenvalue weighted by atomic mass is 16.6. The summed E-state index contributed by atoms with van der Waals surface area (Å²) in [6.07, 6.45) is 2.51. The average molecular weight is 298 g/mol. The normalized spacial score (nSPS) is 49.8. The molecule has 1 saturated carbocycles. The van der Waals surface area contributed by atoms with Gasteiger partial charge in [0.1, 0.15) is 17.3 Å². The van der Waals surface area contributed by atoms with Crippen molar-refractivity contribution in [2.24, 2.45) is 17.3 Å². The molecular weight excluding hydrogens is 272 g/mol. The highest BCUT2D eigenvalue weighted by molar-refractivity contribution is 5.72. The summed E-state index contributed by atoms with van der Waals surface area (Å²) >= 11 is 0. The van der Waals surface area contributed by atoms with Crippen LogP contribution in [0.5, 0.6) is 0 Å². The number of rotatable bonds is 3. The van der Waals surface area contributed by atoms with Crippen molar-refractivity contribution >= 4 is 5.97 Å². The van der Waals surface area contributed by atoms with Gasteiger partial charge in [-0.2, -0.15) is 0 Å². The summed E-state index contributed by atoms with van der Waals surface area (Å²) in [7, 11) is 1.44. The van der Waals surface area contributed by atoms with E-state index in [1.54, 1.807) is 0 Å². The van der Waals surface area contributed by atoms with Crippen molar-refractivity contribution in [3.05, 3.63) is 0 Å². The smallest absolute Gasteiger partial charge is 0.308 e. The fourth-order valence-electron chi connectivity index (χ4n) is 4.81. The molecule has 2 heterocycles. The van der Waals surface area contributed by atoms with Gasteiger partial charge < -0.3 is 19.3 Å². The van der Waals surface area contributed by atoms with Crippen molar-refractivity contribution in [2.45, 2.75) is 57.3 Å². The Morgan fingerprint density at radius 2 is 2.19 bits per heavy atom. The first kappa shape index (κ1) is 15.3. The first-order chi connectivity index (χ1) is 9.83. The molecule has 0 aromatic rings. The lowest BCUT2D eigenvalue weighted by Gasteiger charge is -2.64. The van der Waals surface area contributed by atoms with Gasteiger partial charge in [0, 0.05) is 5.41 Å². The molecule has 2 aliphatic heterocycles. The quantitative estimate of drug-likeness (QED) is 0.800. The largest absolute Gasteiger partial charge is 0.469 e. The van der Waals surface area contributed by atoms with Crippen LogP contribution in [-0.4, -0.2) is 48.7 Å². The molecule has 5 nitrogen and oxygen atoms in total. The van der Waals surface area contributed by atoms with Gasteiger partial charge in [-0.25, -0.2) is 0 Å². The molecule has 3 fully saturated rings. The van der Waals surface area contributed by atoms with Gasteiger partial charge in [0.05, 0.1) is 26.2 Å². The SMILES string of the molecule is COC(=O)[C@@H](C)[C@@H]1CC[C@@]2(C)CO[C@@]3(C)[C@H](CO)O[C@@]23C1. The van der Waals surface area contributed by atoms with Crippen LogP contribution in [-0.2, 0) is 19.0 Å². The van der Waals surface area contributed by atoms with Gasteiger partial charge in [-0.3, -0.25) is 4.79 Å². The summed E-state index contributed by atoms with van der Waals surface area (Å²) in [5.41, 5.74) is -0.844. The molecule has 1 N–H and O–H groups in total. The van der Waals surface area contributed by atoms with Gasteiger partial charge in [0.25, 0.3) is 0 Å². The van der Waals surface area contributed by atoms with Gasteiger partial charge in [-0.1, -0.05) is 13.8 Å². The van der Waals surface area contributed by atoms with Crippen molar-refractivity contribution in [2.75, 3.05) is 20.3 Å². The summed E-state index contributed by atoms with van der Waals surface area (Å²) in [6.45, 7) is 6.84. The van der Waals surface area contributed by atoms with Crippen molar-refractivity contribution in [3.8, 4) is 0 Å². The lowest BCUT2D eigenvalue weighted by molar-refractivity contribution is -0.357. The fraction of sp³-hybridized carbons (Fsp3) is 0.938. The van der Waals surface area contributed by atoms with Gasteiger partial charge >= 0.3 is 5.97 Å². The van der Waals surface area contributed by atoms with Crippen LogP contribution in [0.25, 0.3) is 0 Å². The van der Waals surface area contributed by atoms with Crippen LogP contribution in [0.1, 0.15) is 40.0 Å². The summed E-state index contributed by atoms with van der Waals surface area (Å²) in [5, 5.41) is 9.49. The topological polar surface area (TPSA) is 65.0 Å². The lowest BCUT2D eigenvalue weighted by atomic mass is 9.52. The van der Waals surface area contributed by atoms with Gasteiger partial charge in [0.15, 0.2) is 0 Å². The molecule has 0 aromatic carbocycles. The molecule has 5 heteroatoms. The number of ether oxygens (including phenoxy) is 3. The second kappa shape index (κ2) is 4.67. The summed E-state index contributed by atoms with van der Waals surface area (Å²) in [5.74, 6) is -0.0413. The molecule has 0 amide bonds. The van der Waals surface area contributed by atoms with E-state index < -0.39 is 5.60 Å². The molecule has 0 unspecified atom stereocenters. The molecule has 2 saturated heterocycles.